The molecule has 0 saturated heterocycles. The molecular formula is C17H20N4O. The maximum Gasteiger partial charge on any atom is 0.254 e. The van der Waals surface area contributed by atoms with Crippen LogP contribution in [-0.4, -0.2) is 29.0 Å². The number of hydrogen-bond donors (Lipinski definition) is 1. The molecule has 5 heteroatoms. The topological polar surface area (TPSA) is 58.1 Å². The maximum atomic E-state index is 11.8. The fourth-order valence-electron chi connectivity index (χ4n) is 2.08. The summed E-state index contributed by atoms with van der Waals surface area (Å²) in [6, 6.07) is 8.15. The Morgan fingerprint density at radius 3 is 2.68 bits per heavy atom. The van der Waals surface area contributed by atoms with Crippen molar-refractivity contribution in [1.29, 1.82) is 0 Å². The monoisotopic (exact) mass is 296 g/mol. The first-order chi connectivity index (χ1) is 10.7. The van der Waals surface area contributed by atoms with Crippen molar-refractivity contribution in [3.8, 4) is 0 Å². The molecule has 0 aliphatic carbocycles. The lowest BCUT2D eigenvalue weighted by molar-refractivity contribution is 0.0957. The molecule has 0 saturated carbocycles. The zero-order valence-corrected chi connectivity index (χ0v) is 12.9. The predicted octanol–water partition coefficient (Wildman–Crippen LogP) is 2.86. The Morgan fingerprint density at radius 2 is 2.09 bits per heavy atom. The van der Waals surface area contributed by atoms with Gasteiger partial charge in [-0.25, -0.2) is 9.97 Å². The van der Waals surface area contributed by atoms with Crippen LogP contribution in [0.1, 0.15) is 22.8 Å². The second kappa shape index (κ2) is 7.36. The molecule has 0 aliphatic rings. The quantitative estimate of drug-likeness (QED) is 0.833. The summed E-state index contributed by atoms with van der Waals surface area (Å²) in [5.41, 5.74) is 2.65. The third-order valence-corrected chi connectivity index (χ3v) is 3.18. The highest BCUT2D eigenvalue weighted by molar-refractivity contribution is 5.93. The zero-order valence-electron chi connectivity index (χ0n) is 12.9. The molecule has 0 unspecified atom stereocenters. The van der Waals surface area contributed by atoms with Crippen molar-refractivity contribution in [1.82, 2.24) is 15.3 Å². The summed E-state index contributed by atoms with van der Waals surface area (Å²) >= 11 is 0. The van der Waals surface area contributed by atoms with Gasteiger partial charge in [0.1, 0.15) is 0 Å². The molecule has 5 nitrogen and oxygen atoms in total. The van der Waals surface area contributed by atoms with E-state index in [-0.39, 0.29) is 5.91 Å². The Bertz CT molecular complexity index is 652. The highest BCUT2D eigenvalue weighted by Gasteiger charge is 2.12. The molecule has 2 rings (SSSR count). The number of anilines is 2. The van der Waals surface area contributed by atoms with Crippen LogP contribution in [0.2, 0.25) is 0 Å². The first kappa shape index (κ1) is 15.7. The Labute approximate surface area is 130 Å². The van der Waals surface area contributed by atoms with Gasteiger partial charge in [-0.05, 0) is 31.5 Å². The van der Waals surface area contributed by atoms with E-state index < -0.39 is 0 Å². The van der Waals surface area contributed by atoms with Crippen LogP contribution in [0.5, 0.6) is 0 Å². The fraction of sp³-hybridized carbons (Fsp3) is 0.235. The van der Waals surface area contributed by atoms with E-state index in [0.717, 1.165) is 12.2 Å². The largest absolute Gasteiger partial charge is 0.348 e. The van der Waals surface area contributed by atoms with Gasteiger partial charge in [0.2, 0.25) is 5.95 Å². The minimum Gasteiger partial charge on any atom is -0.348 e. The molecule has 1 N–H and O–H groups in total. The van der Waals surface area contributed by atoms with E-state index in [1.54, 1.807) is 18.5 Å². The molecule has 22 heavy (non-hydrogen) atoms. The SMILES string of the molecule is C=CCNC(=O)c1cnc(N(CC)c2cccc(C)c2)nc1. The van der Waals surface area contributed by atoms with Crippen molar-refractivity contribution in [2.24, 2.45) is 0 Å². The summed E-state index contributed by atoms with van der Waals surface area (Å²) in [6.45, 7) is 8.81. The molecule has 1 aromatic carbocycles. The van der Waals surface area contributed by atoms with Crippen LogP contribution in [0.4, 0.5) is 11.6 Å². The van der Waals surface area contributed by atoms with Gasteiger partial charge in [-0.15, -0.1) is 6.58 Å². The minimum atomic E-state index is -0.204. The highest BCUT2D eigenvalue weighted by atomic mass is 16.1. The molecular weight excluding hydrogens is 276 g/mol. The van der Waals surface area contributed by atoms with Gasteiger partial charge in [-0.1, -0.05) is 18.2 Å². The third-order valence-electron chi connectivity index (χ3n) is 3.18. The van der Waals surface area contributed by atoms with E-state index in [1.807, 2.05) is 36.9 Å². The van der Waals surface area contributed by atoms with Gasteiger partial charge in [-0.2, -0.15) is 0 Å². The van der Waals surface area contributed by atoms with Gasteiger partial charge in [0.15, 0.2) is 0 Å². The molecule has 0 aliphatic heterocycles. The van der Waals surface area contributed by atoms with Gasteiger partial charge in [0, 0.05) is 31.2 Å². The van der Waals surface area contributed by atoms with Crippen molar-refractivity contribution in [3.63, 3.8) is 0 Å². The number of aryl methyl sites for hydroxylation is 1. The molecule has 2 aromatic rings. The minimum absolute atomic E-state index is 0.204. The molecule has 0 spiro atoms. The van der Waals surface area contributed by atoms with Crippen molar-refractivity contribution in [2.75, 3.05) is 18.0 Å². The number of hydrogen-bond acceptors (Lipinski definition) is 4. The van der Waals surface area contributed by atoms with Crippen molar-refractivity contribution in [2.45, 2.75) is 13.8 Å². The van der Waals surface area contributed by atoms with Crippen LogP contribution in [-0.2, 0) is 0 Å². The van der Waals surface area contributed by atoms with Crippen molar-refractivity contribution < 1.29 is 4.79 Å². The molecule has 0 fully saturated rings. The van der Waals surface area contributed by atoms with E-state index >= 15 is 0 Å². The summed E-state index contributed by atoms with van der Waals surface area (Å²) in [5, 5.41) is 2.70. The van der Waals surface area contributed by atoms with Crippen LogP contribution in [0.15, 0.2) is 49.3 Å². The lowest BCUT2D eigenvalue weighted by Crippen LogP contribution is -2.24. The van der Waals surface area contributed by atoms with Gasteiger partial charge >= 0.3 is 0 Å². The number of nitrogens with zero attached hydrogens (tertiary/aromatic N) is 3. The van der Waals surface area contributed by atoms with Gasteiger partial charge < -0.3 is 10.2 Å². The van der Waals surface area contributed by atoms with Crippen LogP contribution < -0.4 is 10.2 Å². The highest BCUT2D eigenvalue weighted by Crippen LogP contribution is 2.22. The smallest absolute Gasteiger partial charge is 0.254 e. The Morgan fingerprint density at radius 1 is 1.36 bits per heavy atom. The molecule has 114 valence electrons. The van der Waals surface area contributed by atoms with Gasteiger partial charge in [0.05, 0.1) is 5.56 Å². The lowest BCUT2D eigenvalue weighted by atomic mass is 10.2. The van der Waals surface area contributed by atoms with Gasteiger partial charge in [0.25, 0.3) is 5.91 Å². The standard InChI is InChI=1S/C17H20N4O/c1-4-9-18-16(22)14-11-19-17(20-12-14)21(5-2)15-8-6-7-13(3)10-15/h4,6-8,10-12H,1,5,9H2,2-3H3,(H,18,22). The Kier molecular flexibility index (Phi) is 5.25. The number of rotatable bonds is 6. The molecule has 0 radical (unpaired) electrons. The van der Waals surface area contributed by atoms with Crippen molar-refractivity contribution >= 4 is 17.5 Å². The number of nitrogens with one attached hydrogen (secondary N) is 1. The molecule has 1 aromatic heterocycles. The summed E-state index contributed by atoms with van der Waals surface area (Å²) in [6.07, 6.45) is 4.71. The van der Waals surface area contributed by atoms with E-state index in [4.69, 9.17) is 0 Å². The number of carbonyl (C=O) groups is 1. The Balaban J connectivity index is 2.20. The van der Waals surface area contributed by atoms with Crippen LogP contribution in [0.3, 0.4) is 0 Å². The average molecular weight is 296 g/mol. The number of benzene rings is 1. The molecule has 0 atom stereocenters. The zero-order chi connectivity index (χ0) is 15.9. The normalized spacial score (nSPS) is 10.1. The lowest BCUT2D eigenvalue weighted by Gasteiger charge is -2.21. The molecule has 0 bridgehead atoms. The fourth-order valence-corrected chi connectivity index (χ4v) is 2.08. The van der Waals surface area contributed by atoms with E-state index in [1.165, 1.54) is 5.56 Å². The average Bonchev–Trinajstić information content (AvgIpc) is 2.54. The number of amides is 1. The number of carbonyl (C=O) groups excluding carboxylic acids is 1. The summed E-state index contributed by atoms with van der Waals surface area (Å²) in [7, 11) is 0. The second-order valence-corrected chi connectivity index (χ2v) is 4.85. The molecule has 1 amide bonds. The second-order valence-electron chi connectivity index (χ2n) is 4.85. The first-order valence-electron chi connectivity index (χ1n) is 7.21. The van der Waals surface area contributed by atoms with E-state index in [0.29, 0.717) is 18.1 Å². The van der Waals surface area contributed by atoms with Gasteiger partial charge in [-0.3, -0.25) is 4.79 Å². The van der Waals surface area contributed by atoms with Crippen LogP contribution in [0, 0.1) is 6.92 Å². The van der Waals surface area contributed by atoms with Crippen molar-refractivity contribution in [3.05, 3.63) is 60.4 Å². The summed E-state index contributed by atoms with van der Waals surface area (Å²) in [5.74, 6) is 0.374. The van der Waals surface area contributed by atoms with E-state index in [9.17, 15) is 4.79 Å². The van der Waals surface area contributed by atoms with E-state index in [2.05, 4.69) is 27.9 Å². The third kappa shape index (κ3) is 3.69. The maximum absolute atomic E-state index is 11.8. The summed E-state index contributed by atoms with van der Waals surface area (Å²) < 4.78 is 0. The number of aromatic nitrogens is 2. The van der Waals surface area contributed by atoms with Crippen LogP contribution in [0.25, 0.3) is 0 Å². The van der Waals surface area contributed by atoms with Crippen LogP contribution >= 0.6 is 0 Å². The Hall–Kier alpha value is -2.69. The summed E-state index contributed by atoms with van der Waals surface area (Å²) in [4.78, 5) is 22.4. The first-order valence-corrected chi connectivity index (χ1v) is 7.21. The predicted molar refractivity (Wildman–Crippen MR) is 88.4 cm³/mol. The molecule has 1 heterocycles.